The molecule has 0 spiro atoms. The van der Waals surface area contributed by atoms with Gasteiger partial charge in [0.25, 0.3) is 0 Å². The van der Waals surface area contributed by atoms with Crippen LogP contribution in [-0.4, -0.2) is 36.6 Å². The fourth-order valence-corrected chi connectivity index (χ4v) is 5.16. The minimum atomic E-state index is -1.25. The maximum Gasteiger partial charge on any atom is 0.335 e. The van der Waals surface area contributed by atoms with Gasteiger partial charge in [-0.1, -0.05) is 43.1 Å². The van der Waals surface area contributed by atoms with E-state index in [4.69, 9.17) is 38.0 Å². The monoisotopic (exact) mass is 546 g/mol. The van der Waals surface area contributed by atoms with Crippen molar-refractivity contribution < 1.29 is 23.4 Å². The Labute approximate surface area is 224 Å². The topological polar surface area (TPSA) is 62.1 Å². The standard InChI is InChI=1S/C28H26Cl2F2N2O3/c1-28(2,17-4-10-21(29)24(14-17)37-3)25-15-33-26(34(25)19-7-5-18(31)6-8-19)11-9-20-22(30)12-16(27(35)36)13-23(20)32/h4-8,10,12-14,25H,9,11,15H2,1-3H3,(H,35,36). The minimum Gasteiger partial charge on any atom is -0.495 e. The average molecular weight is 547 g/mol. The first-order valence-electron chi connectivity index (χ1n) is 11.7. The molecule has 0 radical (unpaired) electrons. The molecule has 0 aliphatic carbocycles. The van der Waals surface area contributed by atoms with Crippen molar-refractivity contribution in [1.82, 2.24) is 0 Å². The third-order valence-electron chi connectivity index (χ3n) is 6.86. The lowest BCUT2D eigenvalue weighted by atomic mass is 9.77. The number of anilines is 1. The highest BCUT2D eigenvalue weighted by Crippen LogP contribution is 2.39. The first kappa shape index (κ1) is 26.9. The van der Waals surface area contributed by atoms with Gasteiger partial charge < -0.3 is 14.7 Å². The molecule has 4 rings (SSSR count). The molecule has 3 aromatic carbocycles. The first-order valence-corrected chi connectivity index (χ1v) is 12.4. The molecule has 1 aliphatic heterocycles. The van der Waals surface area contributed by atoms with Crippen LogP contribution in [0.2, 0.25) is 10.0 Å². The van der Waals surface area contributed by atoms with Crippen LogP contribution < -0.4 is 9.64 Å². The van der Waals surface area contributed by atoms with Crippen molar-refractivity contribution in [3.63, 3.8) is 0 Å². The molecule has 1 atom stereocenters. The SMILES string of the molecule is COc1cc(C(C)(C)C2CN=C(CCc3c(F)cc(C(=O)O)cc3Cl)N2c2ccc(F)cc2)ccc1Cl. The maximum absolute atomic E-state index is 14.7. The summed E-state index contributed by atoms with van der Waals surface area (Å²) in [4.78, 5) is 18.1. The second kappa shape index (κ2) is 10.7. The smallest absolute Gasteiger partial charge is 0.335 e. The van der Waals surface area contributed by atoms with Crippen molar-refractivity contribution in [2.24, 2.45) is 4.99 Å². The van der Waals surface area contributed by atoms with Crippen LogP contribution in [-0.2, 0) is 11.8 Å². The highest BCUT2D eigenvalue weighted by Gasteiger charge is 2.41. The Morgan fingerprint density at radius 3 is 2.41 bits per heavy atom. The van der Waals surface area contributed by atoms with Gasteiger partial charge in [-0.05, 0) is 60.5 Å². The Bertz CT molecular complexity index is 1340. The van der Waals surface area contributed by atoms with E-state index in [0.29, 0.717) is 29.6 Å². The van der Waals surface area contributed by atoms with Gasteiger partial charge in [-0.15, -0.1) is 0 Å². The lowest BCUT2D eigenvalue weighted by Crippen LogP contribution is -2.48. The van der Waals surface area contributed by atoms with Crippen LogP contribution in [0.25, 0.3) is 0 Å². The van der Waals surface area contributed by atoms with Gasteiger partial charge in [0.1, 0.15) is 23.2 Å². The number of hydrogen-bond donors (Lipinski definition) is 1. The van der Waals surface area contributed by atoms with Crippen LogP contribution in [0.1, 0.15) is 41.8 Å². The lowest BCUT2D eigenvalue weighted by molar-refractivity contribution is 0.0696. The number of aromatic carboxylic acids is 1. The third-order valence-corrected chi connectivity index (χ3v) is 7.51. The fourth-order valence-electron chi connectivity index (χ4n) is 4.67. The molecule has 1 unspecified atom stereocenters. The number of rotatable bonds is 8. The number of ether oxygens (including phenoxy) is 1. The second-order valence-electron chi connectivity index (χ2n) is 9.41. The number of carbonyl (C=O) groups is 1. The number of aliphatic imine (C=N–C) groups is 1. The molecule has 0 fully saturated rings. The van der Waals surface area contributed by atoms with Crippen LogP contribution >= 0.6 is 23.2 Å². The van der Waals surface area contributed by atoms with Gasteiger partial charge in [-0.25, -0.2) is 13.6 Å². The molecule has 0 saturated heterocycles. The molecular weight excluding hydrogens is 521 g/mol. The minimum absolute atomic E-state index is 0.0504. The molecule has 5 nitrogen and oxygen atoms in total. The highest BCUT2D eigenvalue weighted by atomic mass is 35.5. The second-order valence-corrected chi connectivity index (χ2v) is 10.2. The summed E-state index contributed by atoms with van der Waals surface area (Å²) in [5.41, 5.74) is 1.31. The average Bonchev–Trinajstić information content (AvgIpc) is 3.28. The van der Waals surface area contributed by atoms with E-state index in [9.17, 15) is 13.6 Å². The van der Waals surface area contributed by atoms with E-state index >= 15 is 0 Å². The van der Waals surface area contributed by atoms with E-state index < -0.39 is 17.2 Å². The van der Waals surface area contributed by atoms with Crippen LogP contribution in [0.4, 0.5) is 14.5 Å². The van der Waals surface area contributed by atoms with E-state index in [-0.39, 0.29) is 34.4 Å². The molecule has 0 bridgehead atoms. The Balaban J connectivity index is 1.67. The molecule has 0 amide bonds. The highest BCUT2D eigenvalue weighted by molar-refractivity contribution is 6.32. The number of hydrogen-bond acceptors (Lipinski definition) is 4. The van der Waals surface area contributed by atoms with Gasteiger partial charge in [0.15, 0.2) is 0 Å². The number of nitrogens with zero attached hydrogens (tertiary/aromatic N) is 2. The van der Waals surface area contributed by atoms with Crippen molar-refractivity contribution in [3.8, 4) is 5.75 Å². The number of halogens is 4. The molecule has 0 saturated carbocycles. The summed E-state index contributed by atoms with van der Waals surface area (Å²) < 4.78 is 33.9. The lowest BCUT2D eigenvalue weighted by Gasteiger charge is -2.40. The molecule has 0 aromatic heterocycles. The zero-order chi connectivity index (χ0) is 26.9. The van der Waals surface area contributed by atoms with Crippen molar-refractivity contribution in [2.45, 2.75) is 38.1 Å². The van der Waals surface area contributed by atoms with Crippen molar-refractivity contribution in [2.75, 3.05) is 18.6 Å². The molecule has 1 aliphatic rings. The Hall–Kier alpha value is -3.16. The Morgan fingerprint density at radius 2 is 1.78 bits per heavy atom. The summed E-state index contributed by atoms with van der Waals surface area (Å²) in [5, 5.41) is 9.72. The molecular formula is C28H26Cl2F2N2O3. The summed E-state index contributed by atoms with van der Waals surface area (Å²) in [6.45, 7) is 4.64. The number of methoxy groups -OCH3 is 1. The molecule has 37 heavy (non-hydrogen) atoms. The van der Waals surface area contributed by atoms with E-state index in [1.807, 2.05) is 12.1 Å². The number of amidine groups is 1. The van der Waals surface area contributed by atoms with E-state index in [0.717, 1.165) is 17.3 Å². The number of carboxylic acid groups (broad SMARTS) is 1. The molecule has 9 heteroatoms. The predicted octanol–water partition coefficient (Wildman–Crippen LogP) is 7.18. The maximum atomic E-state index is 14.7. The van der Waals surface area contributed by atoms with Gasteiger partial charge >= 0.3 is 5.97 Å². The summed E-state index contributed by atoms with van der Waals surface area (Å²) in [5.74, 6) is -1.02. The number of benzene rings is 3. The van der Waals surface area contributed by atoms with Crippen molar-refractivity contribution >= 4 is 40.7 Å². The molecule has 1 heterocycles. The van der Waals surface area contributed by atoms with E-state index in [2.05, 4.69) is 18.7 Å². The van der Waals surface area contributed by atoms with Crippen LogP contribution in [0.5, 0.6) is 5.75 Å². The van der Waals surface area contributed by atoms with E-state index in [1.165, 1.54) is 18.2 Å². The molecule has 1 N–H and O–H groups in total. The van der Waals surface area contributed by atoms with E-state index in [1.54, 1.807) is 25.3 Å². The predicted molar refractivity (Wildman–Crippen MR) is 143 cm³/mol. The first-order chi connectivity index (χ1) is 17.5. The van der Waals surface area contributed by atoms with Crippen molar-refractivity contribution in [1.29, 1.82) is 0 Å². The van der Waals surface area contributed by atoms with Gasteiger partial charge in [0, 0.05) is 28.1 Å². The van der Waals surface area contributed by atoms with Crippen LogP contribution in [0.3, 0.4) is 0 Å². The Morgan fingerprint density at radius 1 is 1.08 bits per heavy atom. The van der Waals surface area contributed by atoms with Crippen molar-refractivity contribution in [3.05, 3.63) is 93.0 Å². The van der Waals surface area contributed by atoms with Gasteiger partial charge in [0.05, 0.1) is 30.3 Å². The summed E-state index contributed by atoms with van der Waals surface area (Å²) in [7, 11) is 1.56. The summed E-state index contributed by atoms with van der Waals surface area (Å²) in [6, 6.07) is 13.9. The normalized spacial score (nSPS) is 15.6. The van der Waals surface area contributed by atoms with Gasteiger partial charge in [-0.2, -0.15) is 0 Å². The molecule has 194 valence electrons. The number of carboxylic acids is 1. The largest absolute Gasteiger partial charge is 0.495 e. The third kappa shape index (κ3) is 5.43. The molecule has 3 aromatic rings. The fraction of sp³-hybridized carbons (Fsp3) is 0.286. The zero-order valence-electron chi connectivity index (χ0n) is 20.6. The van der Waals surface area contributed by atoms with Gasteiger partial charge in [0.2, 0.25) is 0 Å². The van der Waals surface area contributed by atoms with Crippen LogP contribution in [0, 0.1) is 11.6 Å². The van der Waals surface area contributed by atoms with Crippen LogP contribution in [0.15, 0.2) is 59.6 Å². The summed E-state index contributed by atoms with van der Waals surface area (Å²) in [6.07, 6.45) is 0.556. The quantitative estimate of drug-likeness (QED) is 0.325. The van der Waals surface area contributed by atoms with Gasteiger partial charge in [-0.3, -0.25) is 4.99 Å². The zero-order valence-corrected chi connectivity index (χ0v) is 22.1. The Kier molecular flexibility index (Phi) is 7.76. The summed E-state index contributed by atoms with van der Waals surface area (Å²) >= 11 is 12.5.